The molecule has 0 aliphatic rings. The van der Waals surface area contributed by atoms with Crippen LogP contribution in [0.4, 0.5) is 0 Å². The summed E-state index contributed by atoms with van der Waals surface area (Å²) < 4.78 is 4.96. The number of nitriles is 1. The molecule has 0 saturated heterocycles. The maximum Gasteiger partial charge on any atom is 0.213 e. The highest BCUT2D eigenvalue weighted by Gasteiger charge is 2.10. The normalized spacial score (nSPS) is 11.8. The Balaban J connectivity index is 2.94. The van der Waals surface area contributed by atoms with Crippen LogP contribution in [0, 0.1) is 11.3 Å². The Kier molecular flexibility index (Phi) is 3.71. The molecule has 4 heteroatoms. The number of pyridine rings is 1. The van der Waals surface area contributed by atoms with Crippen molar-refractivity contribution in [1.29, 1.82) is 5.26 Å². The van der Waals surface area contributed by atoms with Crippen LogP contribution in [0.3, 0.4) is 0 Å². The molecule has 0 radical (unpaired) electrons. The molecule has 1 aromatic heterocycles. The summed E-state index contributed by atoms with van der Waals surface area (Å²) in [4.78, 5) is 4.16. The number of methoxy groups -OCH3 is 1. The van der Waals surface area contributed by atoms with Gasteiger partial charge in [0.05, 0.1) is 24.8 Å². The Bertz CT molecular complexity index is 322. The fourth-order valence-electron chi connectivity index (χ4n) is 0.918. The first-order valence-electron chi connectivity index (χ1n) is 3.78. The summed E-state index contributed by atoms with van der Waals surface area (Å²) in [5.41, 5.74) is 0.735. The molecule has 0 amide bonds. The van der Waals surface area contributed by atoms with Crippen molar-refractivity contribution >= 4 is 15.9 Å². The summed E-state index contributed by atoms with van der Waals surface area (Å²) in [5.74, 6) is 0.328. The molecular formula is C9H9BrN2O. The molecule has 13 heavy (non-hydrogen) atoms. The van der Waals surface area contributed by atoms with E-state index in [1.54, 1.807) is 13.2 Å². The van der Waals surface area contributed by atoms with E-state index < -0.39 is 0 Å². The predicted octanol–water partition coefficient (Wildman–Crippen LogP) is 2.09. The van der Waals surface area contributed by atoms with E-state index in [4.69, 9.17) is 10.00 Å². The molecule has 0 aromatic carbocycles. The largest absolute Gasteiger partial charge is 0.481 e. The third-order valence-corrected chi connectivity index (χ3v) is 2.27. The highest BCUT2D eigenvalue weighted by Crippen LogP contribution is 2.17. The van der Waals surface area contributed by atoms with Crippen molar-refractivity contribution in [3.63, 3.8) is 0 Å². The lowest BCUT2D eigenvalue weighted by atomic mass is 10.1. The zero-order valence-electron chi connectivity index (χ0n) is 7.20. The van der Waals surface area contributed by atoms with Gasteiger partial charge in [-0.15, -0.1) is 0 Å². The van der Waals surface area contributed by atoms with Gasteiger partial charge in [-0.1, -0.05) is 22.0 Å². The van der Waals surface area contributed by atoms with Crippen molar-refractivity contribution in [3.05, 3.63) is 23.9 Å². The van der Waals surface area contributed by atoms with Crippen molar-refractivity contribution in [2.45, 2.75) is 5.92 Å². The summed E-state index contributed by atoms with van der Waals surface area (Å²) in [6, 6.07) is 7.56. The lowest BCUT2D eigenvalue weighted by Crippen LogP contribution is -2.00. The first-order chi connectivity index (χ1) is 6.31. The lowest BCUT2D eigenvalue weighted by Gasteiger charge is -2.05. The van der Waals surface area contributed by atoms with Gasteiger partial charge in [-0.2, -0.15) is 5.26 Å². The first-order valence-corrected chi connectivity index (χ1v) is 4.90. The van der Waals surface area contributed by atoms with E-state index in [0.717, 1.165) is 5.69 Å². The van der Waals surface area contributed by atoms with Gasteiger partial charge >= 0.3 is 0 Å². The van der Waals surface area contributed by atoms with E-state index in [-0.39, 0.29) is 5.92 Å². The van der Waals surface area contributed by atoms with Crippen molar-refractivity contribution < 1.29 is 4.74 Å². The van der Waals surface area contributed by atoms with Crippen LogP contribution in [0.25, 0.3) is 0 Å². The predicted molar refractivity (Wildman–Crippen MR) is 52.9 cm³/mol. The fourth-order valence-corrected chi connectivity index (χ4v) is 1.39. The smallest absolute Gasteiger partial charge is 0.213 e. The van der Waals surface area contributed by atoms with Crippen molar-refractivity contribution in [1.82, 2.24) is 4.98 Å². The zero-order valence-corrected chi connectivity index (χ0v) is 8.78. The quantitative estimate of drug-likeness (QED) is 0.761. The van der Waals surface area contributed by atoms with Crippen LogP contribution < -0.4 is 4.74 Å². The van der Waals surface area contributed by atoms with Crippen LogP contribution in [0.15, 0.2) is 18.2 Å². The average molecular weight is 241 g/mol. The van der Waals surface area contributed by atoms with Crippen LogP contribution >= 0.6 is 15.9 Å². The summed E-state index contributed by atoms with van der Waals surface area (Å²) >= 11 is 3.26. The molecule has 1 heterocycles. The zero-order chi connectivity index (χ0) is 9.68. The maximum absolute atomic E-state index is 8.78. The van der Waals surface area contributed by atoms with E-state index in [0.29, 0.717) is 11.2 Å². The van der Waals surface area contributed by atoms with Gasteiger partial charge in [-0.05, 0) is 6.07 Å². The molecule has 0 aliphatic heterocycles. The molecule has 0 aliphatic carbocycles. The van der Waals surface area contributed by atoms with Crippen LogP contribution in [0.5, 0.6) is 5.88 Å². The number of aromatic nitrogens is 1. The van der Waals surface area contributed by atoms with Gasteiger partial charge in [0.15, 0.2) is 0 Å². The van der Waals surface area contributed by atoms with Crippen molar-refractivity contribution in [2.75, 3.05) is 12.4 Å². The van der Waals surface area contributed by atoms with E-state index in [2.05, 4.69) is 27.0 Å². The number of hydrogen-bond donors (Lipinski definition) is 0. The summed E-state index contributed by atoms with van der Waals surface area (Å²) in [6.07, 6.45) is 0. The minimum Gasteiger partial charge on any atom is -0.481 e. The third-order valence-electron chi connectivity index (χ3n) is 1.62. The summed E-state index contributed by atoms with van der Waals surface area (Å²) in [6.45, 7) is 0. The van der Waals surface area contributed by atoms with Gasteiger partial charge < -0.3 is 4.74 Å². The van der Waals surface area contributed by atoms with E-state index in [1.807, 2.05) is 12.1 Å². The standard InChI is InChI=1S/C9H9BrN2O/c1-13-9-4-2-3-8(12-9)7(5-10)6-11/h2-4,7H,5H2,1H3. The molecule has 1 rings (SSSR count). The number of nitrogens with zero attached hydrogens (tertiary/aromatic N) is 2. The van der Waals surface area contributed by atoms with Gasteiger partial charge in [0.1, 0.15) is 0 Å². The Morgan fingerprint density at radius 3 is 3.00 bits per heavy atom. The molecule has 68 valence electrons. The molecule has 0 saturated carbocycles. The highest BCUT2D eigenvalue weighted by atomic mass is 79.9. The van der Waals surface area contributed by atoms with Crippen molar-refractivity contribution in [3.8, 4) is 11.9 Å². The number of alkyl halides is 1. The van der Waals surface area contributed by atoms with Gasteiger partial charge in [0.25, 0.3) is 0 Å². The van der Waals surface area contributed by atoms with Crippen molar-refractivity contribution in [2.24, 2.45) is 0 Å². The second kappa shape index (κ2) is 4.83. The maximum atomic E-state index is 8.78. The minimum absolute atomic E-state index is 0.213. The molecule has 1 atom stereocenters. The van der Waals surface area contributed by atoms with Gasteiger partial charge in [0.2, 0.25) is 5.88 Å². The lowest BCUT2D eigenvalue weighted by molar-refractivity contribution is 0.396. The number of rotatable bonds is 3. The first kappa shape index (κ1) is 10.0. The number of ether oxygens (including phenoxy) is 1. The third kappa shape index (κ3) is 2.43. The van der Waals surface area contributed by atoms with Crippen LogP contribution in [-0.2, 0) is 0 Å². The van der Waals surface area contributed by atoms with Gasteiger partial charge in [0, 0.05) is 11.4 Å². The van der Waals surface area contributed by atoms with E-state index in [1.165, 1.54) is 0 Å². The Labute approximate surface area is 85.5 Å². The Morgan fingerprint density at radius 1 is 1.69 bits per heavy atom. The summed E-state index contributed by atoms with van der Waals surface area (Å²) in [5, 5.41) is 9.37. The number of halogens is 1. The molecular weight excluding hydrogens is 232 g/mol. The second-order valence-corrected chi connectivity index (χ2v) is 3.09. The SMILES string of the molecule is COc1cccc(C(C#N)CBr)n1. The second-order valence-electron chi connectivity index (χ2n) is 2.44. The van der Waals surface area contributed by atoms with Crippen LogP contribution in [-0.4, -0.2) is 17.4 Å². The molecule has 1 unspecified atom stereocenters. The molecule has 0 bridgehead atoms. The minimum atomic E-state index is -0.213. The van der Waals surface area contributed by atoms with Crippen LogP contribution in [0.2, 0.25) is 0 Å². The number of hydrogen-bond acceptors (Lipinski definition) is 3. The van der Waals surface area contributed by atoms with Gasteiger partial charge in [-0.3, -0.25) is 0 Å². The molecule has 0 N–H and O–H groups in total. The molecule has 0 spiro atoms. The van der Waals surface area contributed by atoms with E-state index >= 15 is 0 Å². The Morgan fingerprint density at radius 2 is 2.46 bits per heavy atom. The van der Waals surface area contributed by atoms with E-state index in [9.17, 15) is 0 Å². The Hall–Kier alpha value is -1.08. The van der Waals surface area contributed by atoms with Crippen LogP contribution in [0.1, 0.15) is 11.6 Å². The monoisotopic (exact) mass is 240 g/mol. The average Bonchev–Trinajstić information content (AvgIpc) is 2.20. The summed E-state index contributed by atoms with van der Waals surface area (Å²) in [7, 11) is 1.56. The molecule has 3 nitrogen and oxygen atoms in total. The van der Waals surface area contributed by atoms with Gasteiger partial charge in [-0.25, -0.2) is 4.98 Å². The fraction of sp³-hybridized carbons (Fsp3) is 0.333. The topological polar surface area (TPSA) is 45.9 Å². The molecule has 1 aromatic rings. The highest BCUT2D eigenvalue weighted by molar-refractivity contribution is 9.09. The molecule has 0 fully saturated rings.